The molecule has 0 aliphatic heterocycles. The van der Waals surface area contributed by atoms with Crippen LogP contribution in [0.25, 0.3) is 0 Å². The topological polar surface area (TPSA) is 41.5 Å². The molecule has 0 unspecified atom stereocenters. The van der Waals surface area contributed by atoms with Gasteiger partial charge < -0.3 is 0 Å². The Labute approximate surface area is 42.2 Å². The molecule has 2 N–H and O–H groups in total. The Bertz CT molecular complexity index is 53.7. The van der Waals surface area contributed by atoms with Crippen molar-refractivity contribution in [1.29, 1.82) is 0 Å². The monoisotopic (exact) mass is 103 g/mol. The molecule has 1 aliphatic rings. The zero-order valence-corrected chi connectivity index (χ0v) is 4.05. The molecule has 3 nitrogen and oxygen atoms in total. The van der Waals surface area contributed by atoms with Crippen LogP contribution in [0.5, 0.6) is 0 Å². The molecule has 0 amide bonds. The smallest absolute Gasteiger partial charge is 0.0737 e. The Balaban J connectivity index is 1.80. The van der Waals surface area contributed by atoms with E-state index in [1.165, 1.54) is 12.8 Å². The van der Waals surface area contributed by atoms with Gasteiger partial charge in [0.1, 0.15) is 0 Å². The van der Waals surface area contributed by atoms with Gasteiger partial charge in [-0.3, -0.25) is 10.0 Å². The number of nitrogens with one attached hydrogen (secondary N) is 1. The van der Waals surface area contributed by atoms with Crippen LogP contribution in [-0.2, 0) is 4.84 Å². The Morgan fingerprint density at radius 1 is 1.71 bits per heavy atom. The van der Waals surface area contributed by atoms with Crippen LogP contribution in [0.1, 0.15) is 12.8 Å². The van der Waals surface area contributed by atoms with Crippen molar-refractivity contribution in [2.45, 2.75) is 12.8 Å². The predicted octanol–water partition coefficient (Wildman–Crippen LogP) is 0.307. The van der Waals surface area contributed by atoms with E-state index in [0.717, 1.165) is 0 Å². The lowest BCUT2D eigenvalue weighted by Gasteiger charge is -1.93. The van der Waals surface area contributed by atoms with E-state index in [0.29, 0.717) is 12.5 Å². The first-order valence-electron chi connectivity index (χ1n) is 2.44. The van der Waals surface area contributed by atoms with Crippen LogP contribution in [0.15, 0.2) is 0 Å². The van der Waals surface area contributed by atoms with Crippen molar-refractivity contribution in [2.24, 2.45) is 5.92 Å². The predicted molar refractivity (Wildman–Crippen MR) is 23.6 cm³/mol. The Kier molecular flexibility index (Phi) is 1.62. The van der Waals surface area contributed by atoms with Gasteiger partial charge in [-0.15, -0.1) is 0 Å². The normalized spacial score (nSPS) is 20.1. The van der Waals surface area contributed by atoms with Crippen LogP contribution >= 0.6 is 0 Å². The molecule has 0 radical (unpaired) electrons. The maximum Gasteiger partial charge on any atom is 0.0737 e. The highest BCUT2D eigenvalue weighted by Gasteiger charge is 2.20. The maximum atomic E-state index is 7.87. The molecule has 42 valence electrons. The van der Waals surface area contributed by atoms with Crippen molar-refractivity contribution in [1.82, 2.24) is 5.64 Å². The number of hydrogen-bond acceptors (Lipinski definition) is 3. The zero-order chi connectivity index (χ0) is 5.11. The Morgan fingerprint density at radius 2 is 2.43 bits per heavy atom. The summed E-state index contributed by atoms with van der Waals surface area (Å²) < 4.78 is 0. The van der Waals surface area contributed by atoms with E-state index in [-0.39, 0.29) is 0 Å². The van der Waals surface area contributed by atoms with Crippen molar-refractivity contribution < 1.29 is 10.0 Å². The van der Waals surface area contributed by atoms with E-state index in [4.69, 9.17) is 5.21 Å². The lowest BCUT2D eigenvalue weighted by atomic mass is 10.5. The van der Waals surface area contributed by atoms with Gasteiger partial charge in [-0.2, -0.15) is 0 Å². The van der Waals surface area contributed by atoms with Crippen LogP contribution in [0, 0.1) is 5.92 Å². The first-order valence-corrected chi connectivity index (χ1v) is 2.44. The quantitative estimate of drug-likeness (QED) is 0.505. The molecule has 0 aromatic rings. The van der Waals surface area contributed by atoms with Gasteiger partial charge in [-0.25, -0.2) is 0 Å². The fourth-order valence-corrected chi connectivity index (χ4v) is 0.440. The summed E-state index contributed by atoms with van der Waals surface area (Å²) in [6.07, 6.45) is 2.50. The Morgan fingerprint density at radius 3 is 2.86 bits per heavy atom. The average Bonchev–Trinajstić information content (AvgIpc) is 2.42. The molecule has 3 heteroatoms. The minimum absolute atomic E-state index is 0.649. The second-order valence-corrected chi connectivity index (χ2v) is 1.85. The molecule has 1 saturated carbocycles. The molecule has 0 saturated heterocycles. The van der Waals surface area contributed by atoms with Gasteiger partial charge in [0, 0.05) is 0 Å². The summed E-state index contributed by atoms with van der Waals surface area (Å²) in [5.74, 6) is 0.708. The summed E-state index contributed by atoms with van der Waals surface area (Å²) in [4.78, 5) is 4.46. The van der Waals surface area contributed by atoms with Gasteiger partial charge in [-0.1, -0.05) is 5.64 Å². The summed E-state index contributed by atoms with van der Waals surface area (Å²) in [6.45, 7) is 0.649. The Hall–Kier alpha value is -0.120. The van der Waals surface area contributed by atoms with Gasteiger partial charge >= 0.3 is 0 Å². The minimum Gasteiger partial charge on any atom is -0.292 e. The average molecular weight is 103 g/mol. The fraction of sp³-hybridized carbons (Fsp3) is 1.00. The largest absolute Gasteiger partial charge is 0.292 e. The van der Waals surface area contributed by atoms with Gasteiger partial charge in [0.25, 0.3) is 0 Å². The molecule has 0 aromatic carbocycles. The third kappa shape index (κ3) is 1.87. The SMILES string of the molecule is ONOCC1CC1. The van der Waals surface area contributed by atoms with E-state index in [1.54, 1.807) is 5.64 Å². The summed E-state index contributed by atoms with van der Waals surface area (Å²) >= 11 is 0. The molecule has 1 aliphatic carbocycles. The highest BCUT2D eigenvalue weighted by atomic mass is 16.8. The molecule has 0 atom stereocenters. The zero-order valence-electron chi connectivity index (χ0n) is 4.05. The van der Waals surface area contributed by atoms with E-state index in [9.17, 15) is 0 Å². The van der Waals surface area contributed by atoms with Crippen LogP contribution in [0.3, 0.4) is 0 Å². The maximum absolute atomic E-state index is 7.87. The van der Waals surface area contributed by atoms with Crippen molar-refractivity contribution >= 4 is 0 Å². The first kappa shape index (κ1) is 5.03. The molecule has 0 spiro atoms. The molecule has 0 bridgehead atoms. The third-order valence-electron chi connectivity index (χ3n) is 1.08. The fourth-order valence-electron chi connectivity index (χ4n) is 0.440. The first-order chi connectivity index (χ1) is 3.43. The number of rotatable bonds is 3. The van der Waals surface area contributed by atoms with Gasteiger partial charge in [0.2, 0.25) is 0 Å². The minimum atomic E-state index is 0.649. The van der Waals surface area contributed by atoms with Crippen LogP contribution in [0.4, 0.5) is 0 Å². The van der Waals surface area contributed by atoms with Gasteiger partial charge in [-0.05, 0) is 18.8 Å². The van der Waals surface area contributed by atoms with E-state index >= 15 is 0 Å². The molecular formula is C4H9NO2. The van der Waals surface area contributed by atoms with Gasteiger partial charge in [0.05, 0.1) is 6.61 Å². The molecular weight excluding hydrogens is 94.0 g/mol. The van der Waals surface area contributed by atoms with Crippen LogP contribution in [0.2, 0.25) is 0 Å². The van der Waals surface area contributed by atoms with Gasteiger partial charge in [0.15, 0.2) is 0 Å². The standard InChI is InChI=1S/C4H9NO2/c6-5-7-3-4-1-2-4/h4-6H,1-3H2. The summed E-state index contributed by atoms with van der Waals surface area (Å²) in [6, 6.07) is 0. The van der Waals surface area contributed by atoms with Crippen molar-refractivity contribution in [3.63, 3.8) is 0 Å². The van der Waals surface area contributed by atoms with Crippen molar-refractivity contribution in [2.75, 3.05) is 6.61 Å². The highest BCUT2D eigenvalue weighted by molar-refractivity contribution is 4.71. The van der Waals surface area contributed by atoms with E-state index in [1.807, 2.05) is 0 Å². The number of hydrogen-bond donors (Lipinski definition) is 2. The van der Waals surface area contributed by atoms with E-state index < -0.39 is 0 Å². The van der Waals surface area contributed by atoms with Crippen LogP contribution in [-0.4, -0.2) is 11.8 Å². The second-order valence-electron chi connectivity index (χ2n) is 1.85. The summed E-state index contributed by atoms with van der Waals surface area (Å²) in [5, 5.41) is 7.87. The second kappa shape index (κ2) is 2.26. The summed E-state index contributed by atoms with van der Waals surface area (Å²) in [7, 11) is 0. The van der Waals surface area contributed by atoms with Crippen LogP contribution < -0.4 is 5.64 Å². The highest BCUT2D eigenvalue weighted by Crippen LogP contribution is 2.28. The lowest BCUT2D eigenvalue weighted by molar-refractivity contribution is -0.130. The van der Waals surface area contributed by atoms with Crippen molar-refractivity contribution in [3.05, 3.63) is 0 Å². The lowest BCUT2D eigenvalue weighted by Crippen LogP contribution is -2.09. The molecule has 7 heavy (non-hydrogen) atoms. The molecule has 1 fully saturated rings. The van der Waals surface area contributed by atoms with Crippen molar-refractivity contribution in [3.8, 4) is 0 Å². The third-order valence-corrected chi connectivity index (χ3v) is 1.08. The summed E-state index contributed by atoms with van der Waals surface area (Å²) in [5.41, 5.74) is 1.64. The van der Waals surface area contributed by atoms with E-state index in [2.05, 4.69) is 4.84 Å². The molecule has 1 rings (SSSR count). The molecule has 0 heterocycles. The molecule has 0 aromatic heterocycles.